The van der Waals surface area contributed by atoms with Crippen LogP contribution in [0.25, 0.3) is 0 Å². The van der Waals surface area contributed by atoms with Gasteiger partial charge in [0.2, 0.25) is 0 Å². The minimum Gasteiger partial charge on any atom is -0.370 e. The molecule has 1 saturated heterocycles. The standard InChI is InChI=1S/C16H22O/c1-11(16-12(2)17-16)9-13-7-8-14-5-3-4-6-15(14)10-13/h7-8,10-12,16H,3-6,9H2,1-2H3. The predicted molar refractivity (Wildman–Crippen MR) is 70.3 cm³/mol. The Hall–Kier alpha value is -0.820. The zero-order chi connectivity index (χ0) is 11.8. The van der Waals surface area contributed by atoms with E-state index in [9.17, 15) is 0 Å². The molecule has 1 aromatic carbocycles. The maximum absolute atomic E-state index is 5.56. The van der Waals surface area contributed by atoms with Crippen LogP contribution < -0.4 is 0 Å². The lowest BCUT2D eigenvalue weighted by Crippen LogP contribution is -2.10. The molecular weight excluding hydrogens is 208 g/mol. The molecule has 1 aliphatic heterocycles. The Morgan fingerprint density at radius 2 is 1.94 bits per heavy atom. The lowest BCUT2D eigenvalue weighted by atomic mass is 9.88. The van der Waals surface area contributed by atoms with Crippen molar-refractivity contribution in [3.63, 3.8) is 0 Å². The number of rotatable bonds is 3. The molecule has 0 amide bonds. The second kappa shape index (κ2) is 4.45. The Kier molecular flexibility index (Phi) is 2.96. The summed E-state index contributed by atoms with van der Waals surface area (Å²) in [6.45, 7) is 4.49. The van der Waals surface area contributed by atoms with Crippen molar-refractivity contribution in [3.05, 3.63) is 34.9 Å². The first-order valence-electron chi connectivity index (χ1n) is 7.00. The van der Waals surface area contributed by atoms with Crippen LogP contribution in [-0.4, -0.2) is 12.2 Å². The molecule has 1 aromatic rings. The van der Waals surface area contributed by atoms with Gasteiger partial charge >= 0.3 is 0 Å². The summed E-state index contributed by atoms with van der Waals surface area (Å²) in [5.41, 5.74) is 4.69. The molecule has 1 heterocycles. The first-order valence-corrected chi connectivity index (χ1v) is 7.00. The van der Waals surface area contributed by atoms with E-state index in [0.717, 1.165) is 0 Å². The van der Waals surface area contributed by atoms with Crippen molar-refractivity contribution >= 4 is 0 Å². The van der Waals surface area contributed by atoms with Gasteiger partial charge in [0.25, 0.3) is 0 Å². The van der Waals surface area contributed by atoms with E-state index in [1.165, 1.54) is 37.7 Å². The average Bonchev–Trinajstić information content (AvgIpc) is 3.06. The van der Waals surface area contributed by atoms with Crippen molar-refractivity contribution in [1.82, 2.24) is 0 Å². The lowest BCUT2D eigenvalue weighted by molar-refractivity contribution is 0.328. The van der Waals surface area contributed by atoms with Crippen LogP contribution in [0, 0.1) is 5.92 Å². The summed E-state index contributed by atoms with van der Waals surface area (Å²) in [6.07, 6.45) is 7.48. The largest absolute Gasteiger partial charge is 0.370 e. The molecule has 1 heteroatoms. The van der Waals surface area contributed by atoms with Gasteiger partial charge in [-0.05, 0) is 61.6 Å². The normalized spacial score (nSPS) is 28.6. The van der Waals surface area contributed by atoms with Crippen LogP contribution >= 0.6 is 0 Å². The van der Waals surface area contributed by atoms with E-state index in [-0.39, 0.29) is 0 Å². The van der Waals surface area contributed by atoms with E-state index in [1.54, 1.807) is 11.1 Å². The maximum Gasteiger partial charge on any atom is 0.0867 e. The fourth-order valence-corrected chi connectivity index (χ4v) is 3.20. The number of benzene rings is 1. The van der Waals surface area contributed by atoms with Gasteiger partial charge in [-0.2, -0.15) is 0 Å². The minimum atomic E-state index is 0.489. The van der Waals surface area contributed by atoms with E-state index in [1.807, 2.05) is 0 Å². The van der Waals surface area contributed by atoms with Crippen molar-refractivity contribution in [2.45, 2.75) is 58.2 Å². The van der Waals surface area contributed by atoms with Gasteiger partial charge in [-0.15, -0.1) is 0 Å². The van der Waals surface area contributed by atoms with Crippen molar-refractivity contribution in [1.29, 1.82) is 0 Å². The Morgan fingerprint density at radius 3 is 2.65 bits per heavy atom. The average molecular weight is 230 g/mol. The molecule has 0 radical (unpaired) electrons. The van der Waals surface area contributed by atoms with Crippen LogP contribution in [0.2, 0.25) is 0 Å². The molecule has 0 spiro atoms. The number of hydrogen-bond donors (Lipinski definition) is 0. The second-order valence-corrected chi connectivity index (χ2v) is 5.80. The maximum atomic E-state index is 5.56. The number of epoxide rings is 1. The third kappa shape index (κ3) is 2.40. The summed E-state index contributed by atoms with van der Waals surface area (Å²) in [5, 5.41) is 0. The summed E-state index contributed by atoms with van der Waals surface area (Å²) in [7, 11) is 0. The smallest absolute Gasteiger partial charge is 0.0867 e. The fourth-order valence-electron chi connectivity index (χ4n) is 3.20. The first kappa shape index (κ1) is 11.3. The van der Waals surface area contributed by atoms with Crippen molar-refractivity contribution < 1.29 is 4.74 Å². The highest BCUT2D eigenvalue weighted by molar-refractivity contribution is 5.34. The number of aryl methyl sites for hydroxylation is 2. The second-order valence-electron chi connectivity index (χ2n) is 5.80. The molecule has 0 N–H and O–H groups in total. The fraction of sp³-hybridized carbons (Fsp3) is 0.625. The summed E-state index contributed by atoms with van der Waals surface area (Å²) < 4.78 is 5.56. The molecule has 0 saturated carbocycles. The van der Waals surface area contributed by atoms with Gasteiger partial charge in [0, 0.05) is 0 Å². The van der Waals surface area contributed by atoms with Crippen molar-refractivity contribution in [2.75, 3.05) is 0 Å². The van der Waals surface area contributed by atoms with E-state index >= 15 is 0 Å². The van der Waals surface area contributed by atoms with Crippen molar-refractivity contribution in [2.24, 2.45) is 5.92 Å². The summed E-state index contributed by atoms with van der Waals surface area (Å²) in [6, 6.07) is 7.12. The Morgan fingerprint density at radius 1 is 1.24 bits per heavy atom. The van der Waals surface area contributed by atoms with Gasteiger partial charge in [0.15, 0.2) is 0 Å². The number of fused-ring (bicyclic) bond motifs is 1. The minimum absolute atomic E-state index is 0.489. The molecule has 17 heavy (non-hydrogen) atoms. The lowest BCUT2D eigenvalue weighted by Gasteiger charge is -2.17. The van der Waals surface area contributed by atoms with Crippen molar-refractivity contribution in [3.8, 4) is 0 Å². The quantitative estimate of drug-likeness (QED) is 0.724. The van der Waals surface area contributed by atoms with Gasteiger partial charge in [-0.25, -0.2) is 0 Å². The summed E-state index contributed by atoms with van der Waals surface area (Å²) >= 11 is 0. The molecule has 3 unspecified atom stereocenters. The summed E-state index contributed by atoms with van der Waals surface area (Å²) in [5.74, 6) is 0.659. The zero-order valence-corrected chi connectivity index (χ0v) is 10.9. The molecule has 1 aliphatic carbocycles. The van der Waals surface area contributed by atoms with Gasteiger partial charge in [-0.1, -0.05) is 25.1 Å². The molecule has 1 fully saturated rings. The highest BCUT2D eigenvalue weighted by Crippen LogP contribution is 2.31. The first-order chi connectivity index (χ1) is 8.24. The predicted octanol–water partition coefficient (Wildman–Crippen LogP) is 3.53. The third-order valence-corrected chi connectivity index (χ3v) is 4.29. The Bertz CT molecular complexity index is 410. The highest BCUT2D eigenvalue weighted by Gasteiger charge is 2.38. The van der Waals surface area contributed by atoms with E-state index in [0.29, 0.717) is 18.1 Å². The highest BCUT2D eigenvalue weighted by atomic mass is 16.6. The zero-order valence-electron chi connectivity index (χ0n) is 10.9. The Balaban J connectivity index is 1.70. The molecule has 92 valence electrons. The van der Waals surface area contributed by atoms with Gasteiger partial charge in [0.05, 0.1) is 12.2 Å². The van der Waals surface area contributed by atoms with E-state index < -0.39 is 0 Å². The molecule has 1 nitrogen and oxygen atoms in total. The van der Waals surface area contributed by atoms with E-state index in [4.69, 9.17) is 4.74 Å². The number of ether oxygens (including phenoxy) is 1. The van der Waals surface area contributed by atoms with Gasteiger partial charge in [0.1, 0.15) is 0 Å². The van der Waals surface area contributed by atoms with Crippen LogP contribution in [0.5, 0.6) is 0 Å². The topological polar surface area (TPSA) is 12.5 Å². The summed E-state index contributed by atoms with van der Waals surface area (Å²) in [4.78, 5) is 0. The molecule has 3 rings (SSSR count). The Labute approximate surface area is 104 Å². The monoisotopic (exact) mass is 230 g/mol. The molecule has 2 aliphatic rings. The van der Waals surface area contributed by atoms with Gasteiger partial charge in [-0.3, -0.25) is 0 Å². The van der Waals surface area contributed by atoms with Crippen LogP contribution in [0.15, 0.2) is 18.2 Å². The third-order valence-electron chi connectivity index (χ3n) is 4.29. The number of hydrogen-bond acceptors (Lipinski definition) is 1. The SMILES string of the molecule is CC(Cc1ccc2c(c1)CCCC2)C1OC1C. The molecule has 3 atom stereocenters. The van der Waals surface area contributed by atoms with Crippen LogP contribution in [0.4, 0.5) is 0 Å². The van der Waals surface area contributed by atoms with Crippen LogP contribution in [-0.2, 0) is 24.0 Å². The molecule has 0 bridgehead atoms. The molecular formula is C16H22O. The van der Waals surface area contributed by atoms with Crippen LogP contribution in [0.1, 0.15) is 43.4 Å². The van der Waals surface area contributed by atoms with E-state index in [2.05, 4.69) is 32.0 Å². The molecule has 0 aromatic heterocycles. The van der Waals surface area contributed by atoms with Gasteiger partial charge < -0.3 is 4.74 Å². The van der Waals surface area contributed by atoms with Crippen LogP contribution in [0.3, 0.4) is 0 Å².